The molecule has 0 aliphatic rings. The number of anilines is 1. The Kier molecular flexibility index (Phi) is 4.53. The summed E-state index contributed by atoms with van der Waals surface area (Å²) in [4.78, 5) is 13.1. The Morgan fingerprint density at radius 3 is 2.30 bits per heavy atom. The first-order valence-corrected chi connectivity index (χ1v) is 6.71. The van der Waals surface area contributed by atoms with Crippen LogP contribution in [0.5, 0.6) is 0 Å². The Hall–Kier alpha value is -1.71. The van der Waals surface area contributed by atoms with Crippen LogP contribution < -0.4 is 4.90 Å². The smallest absolute Gasteiger partial charge is 0.337 e. The van der Waals surface area contributed by atoms with Crippen LogP contribution in [-0.4, -0.2) is 18.1 Å². The van der Waals surface area contributed by atoms with Gasteiger partial charge < -0.3 is 10.0 Å². The molecule has 2 aromatic carbocycles. The Morgan fingerprint density at radius 1 is 1.10 bits per heavy atom. The van der Waals surface area contributed by atoms with Gasteiger partial charge in [-0.2, -0.15) is 0 Å². The fraction of sp³-hybridized carbons (Fsp3) is 0.133. The molecule has 0 saturated heterocycles. The lowest BCUT2D eigenvalue weighted by Crippen LogP contribution is -2.19. The van der Waals surface area contributed by atoms with E-state index in [1.165, 1.54) is 6.07 Å². The Bertz CT molecular complexity index is 626. The minimum atomic E-state index is -0.995. The second kappa shape index (κ2) is 6.16. The van der Waals surface area contributed by atoms with Crippen LogP contribution in [0, 0.1) is 0 Å². The van der Waals surface area contributed by atoms with Crippen molar-refractivity contribution in [1.82, 2.24) is 0 Å². The molecule has 3 nitrogen and oxygen atoms in total. The summed E-state index contributed by atoms with van der Waals surface area (Å²) in [6.45, 7) is 0.582. The van der Waals surface area contributed by atoms with E-state index in [1.54, 1.807) is 12.1 Å². The predicted molar refractivity (Wildman–Crippen MR) is 82.0 cm³/mol. The molecule has 0 spiro atoms. The SMILES string of the molecule is CN(Cc1ccc(Cl)cc1)c1ccc(Cl)cc1C(=O)O. The van der Waals surface area contributed by atoms with Crippen molar-refractivity contribution in [2.45, 2.75) is 6.54 Å². The number of hydrogen-bond acceptors (Lipinski definition) is 2. The van der Waals surface area contributed by atoms with Gasteiger partial charge in [0.1, 0.15) is 0 Å². The van der Waals surface area contributed by atoms with Gasteiger partial charge in [0.15, 0.2) is 0 Å². The highest BCUT2D eigenvalue weighted by molar-refractivity contribution is 6.31. The van der Waals surface area contributed by atoms with Crippen LogP contribution in [0.2, 0.25) is 10.0 Å². The van der Waals surface area contributed by atoms with Crippen LogP contribution in [0.25, 0.3) is 0 Å². The summed E-state index contributed by atoms with van der Waals surface area (Å²) in [5.41, 5.74) is 1.86. The molecular formula is C15H13Cl2NO2. The van der Waals surface area contributed by atoms with Crippen molar-refractivity contribution >= 4 is 34.9 Å². The minimum absolute atomic E-state index is 0.189. The predicted octanol–water partition coefficient (Wildman–Crippen LogP) is 4.33. The number of carboxylic acids is 1. The van der Waals surface area contributed by atoms with Crippen LogP contribution in [0.3, 0.4) is 0 Å². The largest absolute Gasteiger partial charge is 0.478 e. The Labute approximate surface area is 127 Å². The minimum Gasteiger partial charge on any atom is -0.478 e. The summed E-state index contributed by atoms with van der Waals surface area (Å²) in [5.74, 6) is -0.995. The Balaban J connectivity index is 2.27. The molecule has 5 heteroatoms. The van der Waals surface area contributed by atoms with Crippen LogP contribution in [0.15, 0.2) is 42.5 Å². The van der Waals surface area contributed by atoms with Gasteiger partial charge in [0, 0.05) is 23.6 Å². The normalized spacial score (nSPS) is 10.3. The Morgan fingerprint density at radius 2 is 1.70 bits per heavy atom. The lowest BCUT2D eigenvalue weighted by atomic mass is 10.1. The van der Waals surface area contributed by atoms with E-state index in [9.17, 15) is 9.90 Å². The highest BCUT2D eigenvalue weighted by atomic mass is 35.5. The van der Waals surface area contributed by atoms with E-state index in [4.69, 9.17) is 23.2 Å². The molecule has 104 valence electrons. The number of rotatable bonds is 4. The number of halogens is 2. The maximum Gasteiger partial charge on any atom is 0.337 e. The molecule has 0 aromatic heterocycles. The molecule has 0 unspecified atom stereocenters. The molecule has 0 amide bonds. The monoisotopic (exact) mass is 309 g/mol. The molecule has 0 radical (unpaired) electrons. The van der Waals surface area contributed by atoms with Crippen molar-refractivity contribution in [3.63, 3.8) is 0 Å². The van der Waals surface area contributed by atoms with Gasteiger partial charge in [-0.25, -0.2) is 4.79 Å². The van der Waals surface area contributed by atoms with E-state index >= 15 is 0 Å². The van der Waals surface area contributed by atoms with Crippen LogP contribution in [0.4, 0.5) is 5.69 Å². The highest BCUT2D eigenvalue weighted by Crippen LogP contribution is 2.25. The van der Waals surface area contributed by atoms with Crippen molar-refractivity contribution in [1.29, 1.82) is 0 Å². The van der Waals surface area contributed by atoms with Gasteiger partial charge in [-0.15, -0.1) is 0 Å². The summed E-state index contributed by atoms with van der Waals surface area (Å²) in [6.07, 6.45) is 0. The number of hydrogen-bond donors (Lipinski definition) is 1. The summed E-state index contributed by atoms with van der Waals surface area (Å²) < 4.78 is 0. The van der Waals surface area contributed by atoms with E-state index in [2.05, 4.69) is 0 Å². The molecule has 0 bridgehead atoms. The van der Waals surface area contributed by atoms with E-state index in [-0.39, 0.29) is 5.56 Å². The van der Waals surface area contributed by atoms with Crippen molar-refractivity contribution < 1.29 is 9.90 Å². The molecule has 0 aliphatic heterocycles. The zero-order chi connectivity index (χ0) is 14.7. The van der Waals surface area contributed by atoms with Gasteiger partial charge in [-0.1, -0.05) is 35.3 Å². The zero-order valence-corrected chi connectivity index (χ0v) is 12.3. The molecule has 2 aromatic rings. The maximum atomic E-state index is 11.3. The molecule has 0 aliphatic carbocycles. The van der Waals surface area contributed by atoms with E-state index < -0.39 is 5.97 Å². The van der Waals surface area contributed by atoms with Crippen molar-refractivity contribution in [3.05, 3.63) is 63.6 Å². The third kappa shape index (κ3) is 3.44. The summed E-state index contributed by atoms with van der Waals surface area (Å²) in [7, 11) is 1.84. The quantitative estimate of drug-likeness (QED) is 0.914. The maximum absolute atomic E-state index is 11.3. The second-order valence-corrected chi connectivity index (χ2v) is 5.32. The average molecular weight is 310 g/mol. The number of aromatic carboxylic acids is 1. The molecule has 0 saturated carbocycles. The molecule has 2 rings (SSSR count). The fourth-order valence-electron chi connectivity index (χ4n) is 1.96. The van der Waals surface area contributed by atoms with E-state index in [1.807, 2.05) is 36.2 Å². The van der Waals surface area contributed by atoms with Gasteiger partial charge in [0.25, 0.3) is 0 Å². The number of carboxylic acid groups (broad SMARTS) is 1. The molecule has 20 heavy (non-hydrogen) atoms. The third-order valence-electron chi connectivity index (χ3n) is 2.93. The number of nitrogens with zero attached hydrogens (tertiary/aromatic N) is 1. The summed E-state index contributed by atoms with van der Waals surface area (Å²) >= 11 is 11.7. The van der Waals surface area contributed by atoms with Crippen molar-refractivity contribution in [2.75, 3.05) is 11.9 Å². The van der Waals surface area contributed by atoms with E-state index in [0.29, 0.717) is 22.3 Å². The number of benzene rings is 2. The molecule has 0 fully saturated rings. The first-order valence-electron chi connectivity index (χ1n) is 5.96. The average Bonchev–Trinajstić information content (AvgIpc) is 2.41. The number of carbonyl (C=O) groups is 1. The van der Waals surface area contributed by atoms with Gasteiger partial charge in [-0.05, 0) is 35.9 Å². The standard InChI is InChI=1S/C15H13Cl2NO2/c1-18(9-10-2-4-11(16)5-3-10)14-7-6-12(17)8-13(14)15(19)20/h2-8H,9H2,1H3,(H,19,20). The topological polar surface area (TPSA) is 40.5 Å². The molecule has 0 atom stereocenters. The highest BCUT2D eigenvalue weighted by Gasteiger charge is 2.14. The van der Waals surface area contributed by atoms with Crippen molar-refractivity contribution in [3.8, 4) is 0 Å². The second-order valence-electron chi connectivity index (χ2n) is 4.45. The zero-order valence-electron chi connectivity index (χ0n) is 10.8. The summed E-state index contributed by atoms with van der Waals surface area (Å²) in [5, 5.41) is 10.3. The molecule has 1 N–H and O–H groups in total. The first-order chi connectivity index (χ1) is 9.47. The first kappa shape index (κ1) is 14.7. The van der Waals surface area contributed by atoms with E-state index in [0.717, 1.165) is 5.56 Å². The van der Waals surface area contributed by atoms with Crippen LogP contribution >= 0.6 is 23.2 Å². The molecule has 0 heterocycles. The molecular weight excluding hydrogens is 297 g/mol. The van der Waals surface area contributed by atoms with Gasteiger partial charge in [-0.3, -0.25) is 0 Å². The van der Waals surface area contributed by atoms with Gasteiger partial charge in [0.2, 0.25) is 0 Å². The summed E-state index contributed by atoms with van der Waals surface area (Å²) in [6, 6.07) is 12.3. The van der Waals surface area contributed by atoms with Gasteiger partial charge in [0.05, 0.1) is 11.3 Å². The lowest BCUT2D eigenvalue weighted by Gasteiger charge is -2.21. The van der Waals surface area contributed by atoms with Crippen LogP contribution in [0.1, 0.15) is 15.9 Å². The van der Waals surface area contributed by atoms with Crippen LogP contribution in [-0.2, 0) is 6.54 Å². The van der Waals surface area contributed by atoms with Gasteiger partial charge >= 0.3 is 5.97 Å². The third-order valence-corrected chi connectivity index (χ3v) is 3.42. The fourth-order valence-corrected chi connectivity index (χ4v) is 2.26. The van der Waals surface area contributed by atoms with Crippen molar-refractivity contribution in [2.24, 2.45) is 0 Å². The lowest BCUT2D eigenvalue weighted by molar-refractivity contribution is 0.0697.